The summed E-state index contributed by atoms with van der Waals surface area (Å²) in [4.78, 5) is 9.78. The average Bonchev–Trinajstić information content (AvgIpc) is 4.07. The van der Waals surface area contributed by atoms with Crippen molar-refractivity contribution >= 4 is 68.2 Å². The van der Waals surface area contributed by atoms with E-state index in [9.17, 15) is 0 Å². The van der Waals surface area contributed by atoms with Gasteiger partial charge in [0.05, 0.1) is 30.5 Å². The third-order valence-corrected chi connectivity index (χ3v) is 14.5. The van der Waals surface area contributed by atoms with Crippen LogP contribution in [0.2, 0.25) is 19.6 Å². The van der Waals surface area contributed by atoms with Crippen LogP contribution in [0.1, 0.15) is 36.4 Å². The summed E-state index contributed by atoms with van der Waals surface area (Å²) in [5, 5.41) is 5.08. The number of hydrogen-bond donors (Lipinski definition) is 0. The van der Waals surface area contributed by atoms with E-state index >= 15 is 0 Å². The molecule has 0 aliphatic carbocycles. The molecule has 12 rings (SSSR count). The van der Waals surface area contributed by atoms with Gasteiger partial charge in [0.15, 0.2) is 0 Å². The number of pyridine rings is 1. The van der Waals surface area contributed by atoms with Crippen LogP contribution in [0.3, 0.4) is 0 Å². The van der Waals surface area contributed by atoms with Gasteiger partial charge < -0.3 is 18.4 Å². The van der Waals surface area contributed by atoms with Crippen molar-refractivity contribution in [2.45, 2.75) is 46.2 Å². The normalized spacial score (nSPS) is 12.9. The molecule has 1 radical (unpaired) electrons. The van der Waals surface area contributed by atoms with Crippen LogP contribution >= 0.6 is 0 Å². The van der Waals surface area contributed by atoms with Crippen molar-refractivity contribution < 1.29 is 34.4 Å². The molecular formula is C61H49IrN3O2Si-2. The number of furan rings is 2. The molecule has 5 nitrogen and oxygen atoms in total. The number of hydrogen-bond acceptors (Lipinski definition) is 4. The van der Waals surface area contributed by atoms with Crippen LogP contribution < -0.4 is 5.19 Å². The van der Waals surface area contributed by atoms with Crippen molar-refractivity contribution in [3.63, 3.8) is 0 Å². The van der Waals surface area contributed by atoms with Crippen LogP contribution in [0.5, 0.6) is 0 Å². The molecule has 0 amide bonds. The van der Waals surface area contributed by atoms with E-state index in [-0.39, 0.29) is 25.7 Å². The predicted octanol–water partition coefficient (Wildman–Crippen LogP) is 16.1. The number of aromatic nitrogens is 3. The summed E-state index contributed by atoms with van der Waals surface area (Å²) in [6.45, 7) is 8.60. The standard InChI is InChI=1S/C44H27N2O2.C17H22NSi.Ir/c1-27-18-21-32-33-22-19-29(25-41(33)47-40(32)24-27)30-20-23-34-35-13-9-14-36(43(35)48-42(34)26-30)44-45-37-15-6-8-17-39(37)46(44)38-16-7-5-12-31(38)28-10-3-2-4-11-28;1-13(2)15-11-16(14-9-7-6-8-10-14)18-12-17(15)19(3,4)5;/h2-13,15-26H,1H3;6-9,11-13H,1-5H3;/q2*-1;/i1D3;13D;. The minimum absolute atomic E-state index is 0. The van der Waals surface area contributed by atoms with Crippen LogP contribution in [0.15, 0.2) is 191 Å². The molecule has 0 saturated carbocycles. The molecule has 0 spiro atoms. The van der Waals surface area contributed by atoms with Crippen molar-refractivity contribution in [3.8, 4) is 50.6 Å². The van der Waals surface area contributed by atoms with Crippen LogP contribution in [-0.4, -0.2) is 22.6 Å². The molecule has 0 saturated heterocycles. The first-order valence-corrected chi connectivity index (χ1v) is 26.0. The van der Waals surface area contributed by atoms with E-state index in [1.165, 1.54) is 5.19 Å². The van der Waals surface area contributed by atoms with Crippen LogP contribution in [0.4, 0.5) is 0 Å². The molecule has 0 fully saturated rings. The fraction of sp³-hybridized carbons (Fsp3) is 0.115. The van der Waals surface area contributed by atoms with Gasteiger partial charge >= 0.3 is 0 Å². The predicted molar refractivity (Wildman–Crippen MR) is 281 cm³/mol. The van der Waals surface area contributed by atoms with Crippen molar-refractivity contribution in [1.82, 2.24) is 14.5 Å². The van der Waals surface area contributed by atoms with E-state index in [1.807, 2.05) is 98.9 Å². The molecular weight excluding hydrogens is 1030 g/mol. The van der Waals surface area contributed by atoms with Gasteiger partial charge in [-0.2, -0.15) is 0 Å². The Labute approximate surface area is 417 Å². The van der Waals surface area contributed by atoms with E-state index in [0.29, 0.717) is 11.2 Å². The molecule has 335 valence electrons. The molecule has 0 atom stereocenters. The Bertz CT molecular complexity index is 3960. The minimum Gasteiger partial charge on any atom is -0.501 e. The van der Waals surface area contributed by atoms with Crippen LogP contribution in [0.25, 0.3) is 105 Å². The second-order valence-electron chi connectivity index (χ2n) is 18.2. The zero-order valence-corrected chi connectivity index (χ0v) is 41.7. The zero-order valence-electron chi connectivity index (χ0n) is 42.3. The number of fused-ring (bicyclic) bond motifs is 7. The van der Waals surface area contributed by atoms with E-state index < -0.39 is 20.8 Å². The van der Waals surface area contributed by atoms with Crippen LogP contribution in [0, 0.1) is 19.0 Å². The molecule has 7 heteroatoms. The fourth-order valence-electron chi connectivity index (χ4n) is 9.18. The first-order valence-electron chi connectivity index (χ1n) is 24.5. The van der Waals surface area contributed by atoms with Gasteiger partial charge in [-0.05, 0) is 88.3 Å². The van der Waals surface area contributed by atoms with E-state index in [4.69, 9.17) is 19.3 Å². The number of aryl methyl sites for hydroxylation is 1. The van der Waals surface area contributed by atoms with Crippen molar-refractivity contribution in [3.05, 3.63) is 205 Å². The summed E-state index contributed by atoms with van der Waals surface area (Å²) >= 11 is 0. The maximum absolute atomic E-state index is 8.44. The van der Waals surface area contributed by atoms with Gasteiger partial charge in [0.2, 0.25) is 0 Å². The SMILES string of the molecule is [2H]C(C)(C)c1cc(-c2[c-]cccc2)ncc1[Si](C)(C)C.[2H]C([2H])([2H])c1ccc2c(c1)oc1cc(-c3ccc4c(c3)oc3c(-c5nc6ccccc6n5-c5ccccc5-c5ccccc5)[c-]ccc34)ccc12.[Ir]. The summed E-state index contributed by atoms with van der Waals surface area (Å²) < 4.78 is 46.9. The summed E-state index contributed by atoms with van der Waals surface area (Å²) in [5.74, 6) is 0.142. The van der Waals surface area contributed by atoms with Crippen molar-refractivity contribution in [2.75, 3.05) is 0 Å². The van der Waals surface area contributed by atoms with Crippen molar-refractivity contribution in [2.24, 2.45) is 0 Å². The Kier molecular flexibility index (Phi) is 10.7. The quantitative estimate of drug-likeness (QED) is 0.118. The molecule has 0 unspecified atom stereocenters. The van der Waals surface area contributed by atoms with Gasteiger partial charge in [-0.1, -0.05) is 147 Å². The number of nitrogens with zero attached hydrogens (tertiary/aromatic N) is 3. The molecule has 4 heterocycles. The summed E-state index contributed by atoms with van der Waals surface area (Å²) in [6, 6.07) is 65.0. The molecule has 12 aromatic rings. The minimum atomic E-state index is -2.20. The van der Waals surface area contributed by atoms with Gasteiger partial charge in [-0.3, -0.25) is 4.98 Å². The maximum atomic E-state index is 8.44. The Morgan fingerprint density at radius 3 is 2.04 bits per heavy atom. The van der Waals surface area contributed by atoms with Gasteiger partial charge in [-0.15, -0.1) is 54.1 Å². The Hall–Kier alpha value is -7.15. The molecule has 0 bridgehead atoms. The van der Waals surface area contributed by atoms with Gasteiger partial charge in [-0.25, -0.2) is 0 Å². The number of benzene rings is 8. The topological polar surface area (TPSA) is 57.0 Å². The molecule has 0 aliphatic rings. The van der Waals surface area contributed by atoms with E-state index in [0.717, 1.165) is 99.9 Å². The maximum Gasteiger partial charge on any atom is 0.136 e. The van der Waals surface area contributed by atoms with Crippen molar-refractivity contribution in [1.29, 1.82) is 0 Å². The second-order valence-corrected chi connectivity index (χ2v) is 23.3. The molecule has 4 aromatic heterocycles. The Morgan fingerprint density at radius 2 is 1.31 bits per heavy atom. The fourth-order valence-corrected chi connectivity index (χ4v) is 10.8. The van der Waals surface area contributed by atoms with Crippen LogP contribution in [-0.2, 0) is 20.1 Å². The van der Waals surface area contributed by atoms with Gasteiger partial charge in [0.25, 0.3) is 0 Å². The largest absolute Gasteiger partial charge is 0.501 e. The third-order valence-electron chi connectivity index (χ3n) is 12.5. The summed E-state index contributed by atoms with van der Waals surface area (Å²) in [7, 11) is -1.50. The first kappa shape index (κ1) is 40.0. The Morgan fingerprint density at radius 1 is 0.632 bits per heavy atom. The second kappa shape index (κ2) is 18.2. The number of imidazole rings is 1. The summed E-state index contributed by atoms with van der Waals surface area (Å²) in [6.07, 6.45) is 1.98. The number of rotatable bonds is 7. The molecule has 8 aromatic carbocycles. The van der Waals surface area contributed by atoms with E-state index in [2.05, 4.69) is 126 Å². The summed E-state index contributed by atoms with van der Waals surface area (Å²) in [5.41, 5.74) is 13.8. The van der Waals surface area contributed by atoms with Gasteiger partial charge in [0.1, 0.15) is 16.7 Å². The molecule has 0 N–H and O–H groups in total. The molecule has 0 aliphatic heterocycles. The van der Waals surface area contributed by atoms with Gasteiger partial charge in [0, 0.05) is 59.2 Å². The van der Waals surface area contributed by atoms with E-state index in [1.54, 1.807) is 12.1 Å². The smallest absolute Gasteiger partial charge is 0.136 e. The average molecular weight is 1080 g/mol. The number of para-hydroxylation sites is 3. The first-order chi connectivity index (χ1) is 34.1. The monoisotopic (exact) mass is 1080 g/mol. The molecule has 68 heavy (non-hydrogen) atoms. The zero-order chi connectivity index (χ0) is 49.2. The third kappa shape index (κ3) is 8.21. The Balaban J connectivity index is 0.000000240.